The van der Waals surface area contributed by atoms with Gasteiger partial charge in [0.05, 0.1) is 21.2 Å². The molecule has 1 N–H and O–H groups in total. The Morgan fingerprint density at radius 1 is 0.927 bits per heavy atom. The molecule has 41 heavy (non-hydrogen) atoms. The summed E-state index contributed by atoms with van der Waals surface area (Å²) in [5.74, 6) is 0.601. The largest absolute Gasteiger partial charge is 0.456 e. The zero-order valence-corrected chi connectivity index (χ0v) is 24.9. The molecular weight excluding hydrogens is 581 g/mol. The van der Waals surface area contributed by atoms with Crippen LogP contribution in [-0.2, 0) is 10.0 Å². The number of rotatable bonds is 7. The van der Waals surface area contributed by atoms with Crippen LogP contribution in [0.15, 0.2) is 95.9 Å². The van der Waals surface area contributed by atoms with Crippen LogP contribution in [-0.4, -0.2) is 44.9 Å². The van der Waals surface area contributed by atoms with Crippen LogP contribution in [0.25, 0.3) is 0 Å². The van der Waals surface area contributed by atoms with E-state index in [1.165, 1.54) is 29.8 Å². The number of carbonyl (C=O) groups is 1. The number of sulfonamides is 1. The smallest absolute Gasteiger partial charge is 0.261 e. The zero-order valence-electron chi connectivity index (χ0n) is 22.6. The predicted octanol–water partition coefficient (Wildman–Crippen LogP) is 7.25. The van der Waals surface area contributed by atoms with Crippen LogP contribution in [0.2, 0.25) is 10.0 Å². The van der Waals surface area contributed by atoms with E-state index in [0.717, 1.165) is 5.69 Å². The Balaban J connectivity index is 1.32. The summed E-state index contributed by atoms with van der Waals surface area (Å²) in [4.78, 5) is 17.7. The Hall–Kier alpha value is -3.72. The lowest BCUT2D eigenvalue weighted by Crippen LogP contribution is -2.53. The van der Waals surface area contributed by atoms with Crippen molar-refractivity contribution in [1.82, 2.24) is 4.90 Å². The van der Waals surface area contributed by atoms with Crippen LogP contribution < -0.4 is 14.4 Å². The number of aryl methyl sites for hydroxylation is 1. The number of halogens is 2. The minimum absolute atomic E-state index is 0.0118. The van der Waals surface area contributed by atoms with Crippen molar-refractivity contribution in [1.29, 1.82) is 0 Å². The lowest BCUT2D eigenvalue weighted by molar-refractivity contribution is 0.0727. The summed E-state index contributed by atoms with van der Waals surface area (Å²) in [5, 5.41) is 0.778. The molecule has 212 valence electrons. The number of benzene rings is 4. The molecular formula is C31H29Cl2N3O4S. The maximum atomic E-state index is 13.7. The summed E-state index contributed by atoms with van der Waals surface area (Å²) in [6.45, 7) is 5.75. The molecule has 1 heterocycles. The van der Waals surface area contributed by atoms with Crippen molar-refractivity contribution in [2.24, 2.45) is 0 Å². The van der Waals surface area contributed by atoms with E-state index in [2.05, 4.69) is 41.7 Å². The number of nitrogens with one attached hydrogen (secondary N) is 1. The van der Waals surface area contributed by atoms with Crippen molar-refractivity contribution in [3.8, 4) is 11.5 Å². The Morgan fingerprint density at radius 3 is 2.39 bits per heavy atom. The van der Waals surface area contributed by atoms with Crippen molar-refractivity contribution in [3.63, 3.8) is 0 Å². The van der Waals surface area contributed by atoms with Gasteiger partial charge in [-0.25, -0.2) is 8.42 Å². The first-order valence-corrected chi connectivity index (χ1v) is 15.3. The first-order valence-electron chi connectivity index (χ1n) is 13.1. The average Bonchev–Trinajstić information content (AvgIpc) is 2.95. The molecule has 4 aromatic rings. The third-order valence-corrected chi connectivity index (χ3v) is 8.83. The van der Waals surface area contributed by atoms with Gasteiger partial charge in [-0.1, -0.05) is 47.5 Å². The fourth-order valence-electron chi connectivity index (χ4n) is 4.83. The summed E-state index contributed by atoms with van der Waals surface area (Å²) < 4.78 is 34.9. The van der Waals surface area contributed by atoms with E-state index in [4.69, 9.17) is 27.9 Å². The number of ether oxygens (including phenoxy) is 1. The SMILES string of the molecule is Cc1cccc(N2CCN(C(=O)c3cc(Cl)ccc3NS(=O)(=O)c3ccc(Oc4ccccc4Cl)cc3)C[C@@H]2C)c1. The van der Waals surface area contributed by atoms with Gasteiger partial charge in [0.15, 0.2) is 0 Å². The van der Waals surface area contributed by atoms with E-state index in [-0.39, 0.29) is 28.1 Å². The molecule has 10 heteroatoms. The topological polar surface area (TPSA) is 79.0 Å². The first-order chi connectivity index (χ1) is 19.6. The third kappa shape index (κ3) is 6.62. The predicted molar refractivity (Wildman–Crippen MR) is 164 cm³/mol. The second kappa shape index (κ2) is 12.0. The van der Waals surface area contributed by atoms with E-state index >= 15 is 0 Å². The van der Waals surface area contributed by atoms with Gasteiger partial charge in [0.25, 0.3) is 15.9 Å². The monoisotopic (exact) mass is 609 g/mol. The molecule has 0 aliphatic carbocycles. The molecule has 0 unspecified atom stereocenters. The van der Waals surface area contributed by atoms with E-state index in [0.29, 0.717) is 41.2 Å². The van der Waals surface area contributed by atoms with Gasteiger partial charge in [-0.05, 0) is 86.1 Å². The Bertz CT molecular complexity index is 1680. The Morgan fingerprint density at radius 2 is 1.68 bits per heavy atom. The van der Waals surface area contributed by atoms with Crippen LogP contribution in [0.5, 0.6) is 11.5 Å². The first kappa shape index (κ1) is 28.8. The van der Waals surface area contributed by atoms with Crippen LogP contribution in [0, 0.1) is 6.92 Å². The van der Waals surface area contributed by atoms with Gasteiger partial charge < -0.3 is 14.5 Å². The van der Waals surface area contributed by atoms with Crippen LogP contribution in [0.1, 0.15) is 22.8 Å². The maximum absolute atomic E-state index is 13.7. The van der Waals surface area contributed by atoms with Gasteiger partial charge in [0.1, 0.15) is 11.5 Å². The molecule has 4 aromatic carbocycles. The molecule has 1 fully saturated rings. The summed E-state index contributed by atoms with van der Waals surface area (Å²) in [7, 11) is -4.02. The van der Waals surface area contributed by atoms with E-state index < -0.39 is 10.0 Å². The number of hydrogen-bond donors (Lipinski definition) is 1. The highest BCUT2D eigenvalue weighted by Gasteiger charge is 2.29. The summed E-state index contributed by atoms with van der Waals surface area (Å²) in [5.41, 5.74) is 2.64. The van der Waals surface area contributed by atoms with Crippen molar-refractivity contribution < 1.29 is 17.9 Å². The fourth-order valence-corrected chi connectivity index (χ4v) is 6.26. The molecule has 0 saturated carbocycles. The lowest BCUT2D eigenvalue weighted by atomic mass is 10.1. The fraction of sp³-hybridized carbons (Fsp3) is 0.194. The maximum Gasteiger partial charge on any atom is 0.261 e. The van der Waals surface area contributed by atoms with Gasteiger partial charge in [0.2, 0.25) is 0 Å². The molecule has 1 aliphatic heterocycles. The highest BCUT2D eigenvalue weighted by molar-refractivity contribution is 7.92. The second-order valence-corrected chi connectivity index (χ2v) is 12.5. The van der Waals surface area contributed by atoms with Gasteiger partial charge in [-0.3, -0.25) is 9.52 Å². The van der Waals surface area contributed by atoms with Crippen molar-refractivity contribution in [3.05, 3.63) is 112 Å². The normalized spacial score (nSPS) is 15.5. The zero-order chi connectivity index (χ0) is 29.1. The van der Waals surface area contributed by atoms with Gasteiger partial charge >= 0.3 is 0 Å². The average molecular weight is 611 g/mol. The summed E-state index contributed by atoms with van der Waals surface area (Å²) >= 11 is 12.4. The number of para-hydroxylation sites is 1. The van der Waals surface area contributed by atoms with E-state index in [1.807, 2.05) is 6.07 Å². The summed E-state index contributed by atoms with van der Waals surface area (Å²) in [6, 6.07) is 25.9. The van der Waals surface area contributed by atoms with Crippen molar-refractivity contribution in [2.75, 3.05) is 29.3 Å². The molecule has 1 aliphatic rings. The number of carbonyl (C=O) groups excluding carboxylic acids is 1. The van der Waals surface area contributed by atoms with Gasteiger partial charge in [-0.15, -0.1) is 0 Å². The number of hydrogen-bond acceptors (Lipinski definition) is 5. The highest BCUT2D eigenvalue weighted by atomic mass is 35.5. The van der Waals surface area contributed by atoms with Crippen LogP contribution >= 0.6 is 23.2 Å². The van der Waals surface area contributed by atoms with Gasteiger partial charge in [0, 0.05) is 36.4 Å². The molecule has 0 radical (unpaired) electrons. The minimum Gasteiger partial charge on any atom is -0.456 e. The third-order valence-electron chi connectivity index (χ3n) is 6.90. The quantitative estimate of drug-likeness (QED) is 0.239. The highest BCUT2D eigenvalue weighted by Crippen LogP contribution is 2.31. The minimum atomic E-state index is -4.02. The number of nitrogens with zero attached hydrogens (tertiary/aromatic N) is 2. The summed E-state index contributed by atoms with van der Waals surface area (Å²) in [6.07, 6.45) is 0. The van der Waals surface area contributed by atoms with Crippen molar-refractivity contribution >= 4 is 50.5 Å². The Labute approximate surface area is 250 Å². The number of piperazine rings is 1. The molecule has 0 spiro atoms. The van der Waals surface area contributed by atoms with E-state index in [9.17, 15) is 13.2 Å². The van der Waals surface area contributed by atoms with Crippen LogP contribution in [0.4, 0.5) is 11.4 Å². The molecule has 5 rings (SSSR count). The molecule has 7 nitrogen and oxygen atoms in total. The molecule has 1 amide bonds. The number of anilines is 2. The van der Waals surface area contributed by atoms with Gasteiger partial charge in [-0.2, -0.15) is 0 Å². The molecule has 1 atom stereocenters. The number of amides is 1. The molecule has 0 aromatic heterocycles. The van der Waals surface area contributed by atoms with E-state index in [1.54, 1.807) is 47.4 Å². The molecule has 1 saturated heterocycles. The second-order valence-electron chi connectivity index (χ2n) is 9.93. The van der Waals surface area contributed by atoms with Crippen LogP contribution in [0.3, 0.4) is 0 Å². The standard InChI is InChI=1S/C31H29Cl2N3O4S/c1-21-6-5-7-24(18-21)36-17-16-35(20-22(36)2)31(37)27-19-23(32)10-15-29(27)34-41(38,39)26-13-11-25(12-14-26)40-30-9-4-3-8-28(30)33/h3-15,18-19,22,34H,16-17,20H2,1-2H3/t22-/m0/s1. The lowest BCUT2D eigenvalue weighted by Gasteiger charge is -2.41. The van der Waals surface area contributed by atoms with Crippen molar-refractivity contribution in [2.45, 2.75) is 24.8 Å². The molecule has 0 bridgehead atoms. The Kier molecular flexibility index (Phi) is 8.45.